The summed E-state index contributed by atoms with van der Waals surface area (Å²) >= 11 is 0. The molecule has 0 heterocycles. The summed E-state index contributed by atoms with van der Waals surface area (Å²) in [6.07, 6.45) is 2.10. The van der Waals surface area contributed by atoms with Gasteiger partial charge in [-0.1, -0.05) is 67.9 Å². The van der Waals surface area contributed by atoms with E-state index >= 15 is 4.39 Å². The molecule has 0 radical (unpaired) electrons. The van der Waals surface area contributed by atoms with Crippen LogP contribution in [0.25, 0.3) is 32.7 Å². The van der Waals surface area contributed by atoms with Crippen molar-refractivity contribution in [2.45, 2.75) is 26.4 Å². The van der Waals surface area contributed by atoms with Crippen molar-refractivity contribution >= 4 is 21.5 Å². The SMILES string of the molecule is CCCc1ccc2c(ccc3c(F)c(-c4ccc(OC(F)F)cc4)ccc32)c1. The average Bonchev–Trinajstić information content (AvgIpc) is 2.68. The highest BCUT2D eigenvalue weighted by Gasteiger charge is 2.12. The minimum absolute atomic E-state index is 0.0498. The van der Waals surface area contributed by atoms with E-state index in [0.29, 0.717) is 16.5 Å². The lowest BCUT2D eigenvalue weighted by molar-refractivity contribution is -0.0498. The molecule has 0 unspecified atom stereocenters. The first kappa shape index (κ1) is 18.4. The molecule has 4 aromatic carbocycles. The van der Waals surface area contributed by atoms with E-state index in [2.05, 4.69) is 29.9 Å². The zero-order valence-electron chi connectivity index (χ0n) is 15.4. The van der Waals surface area contributed by atoms with Crippen LogP contribution in [0.5, 0.6) is 5.75 Å². The molecule has 28 heavy (non-hydrogen) atoms. The zero-order chi connectivity index (χ0) is 19.7. The van der Waals surface area contributed by atoms with Crippen LogP contribution in [0.4, 0.5) is 13.2 Å². The van der Waals surface area contributed by atoms with Crippen molar-refractivity contribution in [3.63, 3.8) is 0 Å². The monoisotopic (exact) mass is 380 g/mol. The van der Waals surface area contributed by atoms with E-state index in [9.17, 15) is 8.78 Å². The molecule has 0 aliphatic rings. The summed E-state index contributed by atoms with van der Waals surface area (Å²) < 4.78 is 44.2. The maximum absolute atomic E-state index is 15.2. The van der Waals surface area contributed by atoms with E-state index in [4.69, 9.17) is 0 Å². The van der Waals surface area contributed by atoms with Crippen LogP contribution >= 0.6 is 0 Å². The zero-order valence-corrected chi connectivity index (χ0v) is 15.4. The molecule has 0 spiro atoms. The molecule has 142 valence electrons. The third kappa shape index (κ3) is 3.42. The molecule has 0 saturated heterocycles. The van der Waals surface area contributed by atoms with Crippen LogP contribution in [-0.4, -0.2) is 6.61 Å². The fourth-order valence-electron chi connectivity index (χ4n) is 3.64. The molecule has 4 rings (SSSR count). The normalized spacial score (nSPS) is 11.5. The van der Waals surface area contributed by atoms with E-state index in [1.165, 1.54) is 17.7 Å². The van der Waals surface area contributed by atoms with Gasteiger partial charge in [0.25, 0.3) is 0 Å². The lowest BCUT2D eigenvalue weighted by Crippen LogP contribution is -2.01. The standard InChI is InChI=1S/C24H19F3O/c1-2-3-15-4-10-19-17(14-15)7-11-22-21(19)13-12-20(23(22)25)16-5-8-18(9-6-16)28-24(26)27/h4-14,24H,2-3H2,1H3. The number of ether oxygens (including phenoxy) is 1. The Morgan fingerprint density at radius 3 is 2.25 bits per heavy atom. The minimum atomic E-state index is -2.88. The van der Waals surface area contributed by atoms with Crippen LogP contribution < -0.4 is 4.74 Å². The van der Waals surface area contributed by atoms with Crippen LogP contribution in [-0.2, 0) is 6.42 Å². The van der Waals surface area contributed by atoms with Gasteiger partial charge >= 0.3 is 6.61 Å². The van der Waals surface area contributed by atoms with Gasteiger partial charge < -0.3 is 4.74 Å². The number of fused-ring (bicyclic) bond motifs is 3. The highest BCUT2D eigenvalue weighted by atomic mass is 19.3. The van der Waals surface area contributed by atoms with Gasteiger partial charge in [-0.05, 0) is 45.8 Å². The van der Waals surface area contributed by atoms with Crippen molar-refractivity contribution in [3.8, 4) is 16.9 Å². The summed E-state index contributed by atoms with van der Waals surface area (Å²) in [7, 11) is 0. The summed E-state index contributed by atoms with van der Waals surface area (Å²) in [5, 5.41) is 3.52. The Hall–Kier alpha value is -3.01. The number of hydrogen-bond acceptors (Lipinski definition) is 1. The average molecular weight is 380 g/mol. The quantitative estimate of drug-likeness (QED) is 0.329. The Labute approximate surface area is 161 Å². The van der Waals surface area contributed by atoms with E-state index in [-0.39, 0.29) is 11.6 Å². The summed E-state index contributed by atoms with van der Waals surface area (Å²) in [4.78, 5) is 0. The Morgan fingerprint density at radius 2 is 1.54 bits per heavy atom. The van der Waals surface area contributed by atoms with Gasteiger partial charge in [0, 0.05) is 10.9 Å². The van der Waals surface area contributed by atoms with Gasteiger partial charge in [-0.25, -0.2) is 4.39 Å². The van der Waals surface area contributed by atoms with Gasteiger partial charge in [0.2, 0.25) is 0 Å². The summed E-state index contributed by atoms with van der Waals surface area (Å²) in [5.74, 6) is -0.270. The van der Waals surface area contributed by atoms with E-state index in [0.717, 1.165) is 29.0 Å². The van der Waals surface area contributed by atoms with E-state index in [1.807, 2.05) is 12.1 Å². The van der Waals surface area contributed by atoms with Crippen molar-refractivity contribution in [2.75, 3.05) is 0 Å². The molecular formula is C24H19F3O. The molecule has 0 saturated carbocycles. The van der Waals surface area contributed by atoms with Crippen LogP contribution in [0.1, 0.15) is 18.9 Å². The third-order valence-corrected chi connectivity index (χ3v) is 4.94. The van der Waals surface area contributed by atoms with Gasteiger partial charge in [0.05, 0.1) is 0 Å². The second-order valence-electron chi connectivity index (χ2n) is 6.80. The third-order valence-electron chi connectivity index (χ3n) is 4.94. The van der Waals surface area contributed by atoms with Gasteiger partial charge in [0.15, 0.2) is 0 Å². The number of rotatable bonds is 5. The Morgan fingerprint density at radius 1 is 0.821 bits per heavy atom. The van der Waals surface area contributed by atoms with Crippen LogP contribution in [0, 0.1) is 5.82 Å². The lowest BCUT2D eigenvalue weighted by Gasteiger charge is -2.11. The van der Waals surface area contributed by atoms with Gasteiger partial charge in [-0.15, -0.1) is 0 Å². The second-order valence-corrected chi connectivity index (χ2v) is 6.80. The molecule has 0 fully saturated rings. The van der Waals surface area contributed by atoms with Gasteiger partial charge in [-0.2, -0.15) is 8.78 Å². The van der Waals surface area contributed by atoms with E-state index < -0.39 is 6.61 Å². The van der Waals surface area contributed by atoms with Crippen molar-refractivity contribution in [1.82, 2.24) is 0 Å². The highest BCUT2D eigenvalue weighted by Crippen LogP contribution is 2.34. The molecule has 4 heteroatoms. The molecule has 0 bridgehead atoms. The molecule has 0 aliphatic heterocycles. The molecule has 1 nitrogen and oxygen atoms in total. The number of halogens is 3. The maximum atomic E-state index is 15.2. The van der Waals surface area contributed by atoms with Crippen molar-refractivity contribution in [3.05, 3.63) is 78.1 Å². The predicted octanol–water partition coefficient (Wildman–Crippen LogP) is 7.35. The number of aryl methyl sites for hydroxylation is 1. The molecule has 0 aromatic heterocycles. The van der Waals surface area contributed by atoms with Crippen molar-refractivity contribution in [2.24, 2.45) is 0 Å². The topological polar surface area (TPSA) is 9.23 Å². The first-order valence-corrected chi connectivity index (χ1v) is 9.26. The van der Waals surface area contributed by atoms with Gasteiger partial charge in [0.1, 0.15) is 11.6 Å². The van der Waals surface area contributed by atoms with Crippen LogP contribution in [0.2, 0.25) is 0 Å². The molecule has 4 aromatic rings. The molecule has 0 amide bonds. The second kappa shape index (κ2) is 7.55. The predicted molar refractivity (Wildman–Crippen MR) is 107 cm³/mol. The summed E-state index contributed by atoms with van der Waals surface area (Å²) in [6.45, 7) is -0.734. The van der Waals surface area contributed by atoms with E-state index in [1.54, 1.807) is 24.3 Å². The fraction of sp³-hybridized carbons (Fsp3) is 0.167. The van der Waals surface area contributed by atoms with Crippen LogP contribution in [0.15, 0.2) is 66.7 Å². The highest BCUT2D eigenvalue weighted by molar-refractivity contribution is 6.08. The first-order chi connectivity index (χ1) is 13.6. The van der Waals surface area contributed by atoms with Crippen molar-refractivity contribution < 1.29 is 17.9 Å². The van der Waals surface area contributed by atoms with Gasteiger partial charge in [-0.3, -0.25) is 0 Å². The Kier molecular flexibility index (Phi) is 4.95. The maximum Gasteiger partial charge on any atom is 0.387 e. The lowest BCUT2D eigenvalue weighted by atomic mass is 9.95. The number of alkyl halides is 2. The molecule has 0 aliphatic carbocycles. The van der Waals surface area contributed by atoms with Crippen LogP contribution in [0.3, 0.4) is 0 Å². The number of benzene rings is 4. The Balaban J connectivity index is 1.78. The fourth-order valence-corrected chi connectivity index (χ4v) is 3.64. The first-order valence-electron chi connectivity index (χ1n) is 9.26. The molecular weight excluding hydrogens is 361 g/mol. The minimum Gasteiger partial charge on any atom is -0.435 e. The number of hydrogen-bond donors (Lipinski definition) is 0. The molecule has 0 atom stereocenters. The Bertz CT molecular complexity index is 1130. The smallest absolute Gasteiger partial charge is 0.387 e. The summed E-state index contributed by atoms with van der Waals surface area (Å²) in [6, 6.07) is 19.7. The van der Waals surface area contributed by atoms with Crippen molar-refractivity contribution in [1.29, 1.82) is 0 Å². The largest absolute Gasteiger partial charge is 0.435 e. The summed E-state index contributed by atoms with van der Waals surface area (Å²) in [5.41, 5.74) is 2.31. The molecule has 0 N–H and O–H groups in total.